The van der Waals surface area contributed by atoms with Gasteiger partial charge in [-0.25, -0.2) is 4.79 Å². The van der Waals surface area contributed by atoms with Gasteiger partial charge >= 0.3 is 5.97 Å². The van der Waals surface area contributed by atoms with E-state index in [1.165, 1.54) is 77.2 Å². The molecule has 2 aliphatic heterocycles. The van der Waals surface area contributed by atoms with Crippen molar-refractivity contribution in [1.29, 1.82) is 0 Å². The first-order valence-corrected chi connectivity index (χ1v) is 17.7. The van der Waals surface area contributed by atoms with E-state index in [2.05, 4.69) is 6.92 Å². The monoisotopic (exact) mass is 612 g/mol. The molecule has 0 spiro atoms. The number of rotatable bonds is 26. The molecule has 7 atom stereocenters. The van der Waals surface area contributed by atoms with E-state index in [9.17, 15) is 30.3 Å². The first-order chi connectivity index (χ1) is 20.6. The summed E-state index contributed by atoms with van der Waals surface area (Å²) in [6, 6.07) is 0. The molecule has 5 N–H and O–H groups in total. The molecule has 2 heterocycles. The molecule has 0 aliphatic carbocycles. The summed E-state index contributed by atoms with van der Waals surface area (Å²) in [5.41, 5.74) is 0.322. The summed E-state index contributed by atoms with van der Waals surface area (Å²) in [7, 11) is 0. The van der Waals surface area contributed by atoms with Crippen LogP contribution in [0.3, 0.4) is 0 Å². The van der Waals surface area contributed by atoms with E-state index in [4.69, 9.17) is 9.47 Å². The third-order valence-electron chi connectivity index (χ3n) is 9.15. The molecule has 43 heavy (non-hydrogen) atoms. The molecule has 2 rings (SSSR count). The Morgan fingerprint density at radius 2 is 1.33 bits per heavy atom. The Labute approximate surface area is 261 Å². The highest BCUT2D eigenvalue weighted by molar-refractivity contribution is 5.91. The van der Waals surface area contributed by atoms with E-state index in [-0.39, 0.29) is 18.6 Å². The lowest BCUT2D eigenvalue weighted by Crippen LogP contribution is -2.31. The molecular weight excluding hydrogens is 548 g/mol. The Morgan fingerprint density at radius 3 is 1.93 bits per heavy atom. The van der Waals surface area contributed by atoms with Crippen LogP contribution in [0.25, 0.3) is 0 Å². The number of carbonyl (C=O) groups is 1. The van der Waals surface area contributed by atoms with Crippen LogP contribution in [0.15, 0.2) is 11.6 Å². The van der Waals surface area contributed by atoms with E-state index in [1.807, 2.05) is 0 Å². The van der Waals surface area contributed by atoms with Crippen LogP contribution in [0.1, 0.15) is 162 Å². The number of ether oxygens (including phenoxy) is 2. The number of hydrogen-bond acceptors (Lipinski definition) is 8. The minimum Gasteiger partial charge on any atom is -0.426 e. The first-order valence-electron chi connectivity index (χ1n) is 17.7. The zero-order valence-corrected chi connectivity index (χ0v) is 27.3. The van der Waals surface area contributed by atoms with Gasteiger partial charge in [0.25, 0.3) is 0 Å². The number of carbonyl (C=O) groups excluding carboxylic acids is 1. The summed E-state index contributed by atoms with van der Waals surface area (Å²) >= 11 is 0. The average Bonchev–Trinajstić information content (AvgIpc) is 3.54. The van der Waals surface area contributed by atoms with Gasteiger partial charge in [-0.3, -0.25) is 0 Å². The van der Waals surface area contributed by atoms with Crippen molar-refractivity contribution in [3.8, 4) is 0 Å². The average molecular weight is 613 g/mol. The highest BCUT2D eigenvalue weighted by Crippen LogP contribution is 2.29. The molecule has 0 saturated carbocycles. The van der Waals surface area contributed by atoms with Gasteiger partial charge in [0.15, 0.2) is 0 Å². The molecule has 0 aromatic heterocycles. The predicted octanol–water partition coefficient (Wildman–Crippen LogP) is 6.38. The second kappa shape index (κ2) is 21.7. The number of hydrogen-bond donors (Lipinski definition) is 5. The van der Waals surface area contributed by atoms with Crippen molar-refractivity contribution in [2.24, 2.45) is 0 Å². The molecule has 1 saturated heterocycles. The van der Waals surface area contributed by atoms with E-state index in [1.54, 1.807) is 0 Å². The summed E-state index contributed by atoms with van der Waals surface area (Å²) in [4.78, 5) is 11.7. The molecule has 0 aromatic rings. The SMILES string of the molecule is CCCCCCCCCCCCCC[C@H](O)[C@@H](O)CC[C@H](O)[C@@H]1CC[C@@H](CCCCC[C@@H](O)CC2=CC(C)(O)OC2=O)O1. The lowest BCUT2D eigenvalue weighted by Gasteiger charge is -2.22. The molecule has 0 bridgehead atoms. The molecule has 0 aromatic carbocycles. The molecule has 1 fully saturated rings. The van der Waals surface area contributed by atoms with Crippen LogP contribution in [0.2, 0.25) is 0 Å². The lowest BCUT2D eigenvalue weighted by molar-refractivity contribution is -0.173. The Morgan fingerprint density at radius 1 is 0.767 bits per heavy atom. The van der Waals surface area contributed by atoms with E-state index >= 15 is 0 Å². The van der Waals surface area contributed by atoms with Gasteiger partial charge in [-0.2, -0.15) is 0 Å². The normalized spacial score (nSPS) is 25.0. The summed E-state index contributed by atoms with van der Waals surface area (Å²) in [6.07, 6.45) is 21.2. The highest BCUT2D eigenvalue weighted by Gasteiger charge is 2.34. The zero-order valence-electron chi connectivity index (χ0n) is 27.3. The Kier molecular flexibility index (Phi) is 19.2. The van der Waals surface area contributed by atoms with Gasteiger partial charge in [0.05, 0.1) is 36.6 Å². The molecule has 2 aliphatic rings. The Balaban J connectivity index is 1.44. The highest BCUT2D eigenvalue weighted by atomic mass is 16.7. The number of cyclic esters (lactones) is 1. The van der Waals surface area contributed by atoms with Crippen LogP contribution < -0.4 is 0 Å². The molecule has 0 amide bonds. The fourth-order valence-electron chi connectivity index (χ4n) is 6.43. The predicted molar refractivity (Wildman–Crippen MR) is 169 cm³/mol. The minimum absolute atomic E-state index is 0.117. The van der Waals surface area contributed by atoms with Gasteiger partial charge < -0.3 is 35.0 Å². The van der Waals surface area contributed by atoms with Crippen molar-refractivity contribution in [3.05, 3.63) is 11.6 Å². The quantitative estimate of drug-likeness (QED) is 0.0561. The maximum Gasteiger partial charge on any atom is 0.336 e. The van der Waals surface area contributed by atoms with Crippen LogP contribution in [0.5, 0.6) is 0 Å². The number of aliphatic hydroxyl groups excluding tert-OH is 4. The molecule has 0 radical (unpaired) electrons. The van der Waals surface area contributed by atoms with Gasteiger partial charge in [-0.05, 0) is 51.0 Å². The van der Waals surface area contributed by atoms with Crippen LogP contribution in [0.4, 0.5) is 0 Å². The molecule has 252 valence electrons. The maximum absolute atomic E-state index is 11.7. The lowest BCUT2D eigenvalue weighted by atomic mass is 9.97. The van der Waals surface area contributed by atoms with Crippen molar-refractivity contribution in [2.75, 3.05) is 0 Å². The molecule has 8 nitrogen and oxygen atoms in total. The second-order valence-corrected chi connectivity index (χ2v) is 13.4. The van der Waals surface area contributed by atoms with E-state index in [0.29, 0.717) is 31.3 Å². The van der Waals surface area contributed by atoms with Gasteiger partial charge in [-0.1, -0.05) is 103 Å². The van der Waals surface area contributed by atoms with Crippen LogP contribution in [-0.4, -0.2) is 73.9 Å². The maximum atomic E-state index is 11.7. The smallest absolute Gasteiger partial charge is 0.336 e. The third kappa shape index (κ3) is 16.7. The minimum atomic E-state index is -1.58. The fourth-order valence-corrected chi connectivity index (χ4v) is 6.43. The van der Waals surface area contributed by atoms with Crippen LogP contribution in [-0.2, 0) is 14.3 Å². The summed E-state index contributed by atoms with van der Waals surface area (Å²) < 4.78 is 10.9. The number of unbranched alkanes of at least 4 members (excludes halogenated alkanes) is 13. The van der Waals surface area contributed by atoms with Gasteiger partial charge in [0.2, 0.25) is 5.79 Å². The van der Waals surface area contributed by atoms with Gasteiger partial charge in [0, 0.05) is 18.9 Å². The second-order valence-electron chi connectivity index (χ2n) is 13.4. The summed E-state index contributed by atoms with van der Waals surface area (Å²) in [6.45, 7) is 3.65. The van der Waals surface area contributed by atoms with E-state index in [0.717, 1.165) is 51.4 Å². The van der Waals surface area contributed by atoms with Crippen molar-refractivity contribution < 1.29 is 39.8 Å². The molecule has 8 heteroatoms. The Hall–Kier alpha value is -1.03. The Bertz CT molecular complexity index is 769. The van der Waals surface area contributed by atoms with E-state index < -0.39 is 36.2 Å². The van der Waals surface area contributed by atoms with Crippen molar-refractivity contribution in [2.45, 2.75) is 204 Å². The zero-order chi connectivity index (χ0) is 31.5. The topological polar surface area (TPSA) is 137 Å². The van der Waals surface area contributed by atoms with Crippen molar-refractivity contribution >= 4 is 5.97 Å². The largest absolute Gasteiger partial charge is 0.426 e. The standard InChI is InChI=1S/C35H64O8/c1-3-4-5-6-7-8-9-10-11-12-13-17-20-30(37)31(38)22-23-32(39)33-24-21-29(42-33)19-16-14-15-18-28(36)25-27-26-35(2,41)43-34(27)40/h26,28-33,36-39,41H,3-25H2,1-2H3/t28-,29-,30+,31+,32+,33+,35?/m1/s1. The van der Waals surface area contributed by atoms with Gasteiger partial charge in [-0.15, -0.1) is 0 Å². The van der Waals surface area contributed by atoms with Crippen LogP contribution >= 0.6 is 0 Å². The fraction of sp³-hybridized carbons (Fsp3) is 0.914. The third-order valence-corrected chi connectivity index (χ3v) is 9.15. The summed E-state index contributed by atoms with van der Waals surface area (Å²) in [5, 5.41) is 51.4. The van der Waals surface area contributed by atoms with Crippen LogP contribution in [0, 0.1) is 0 Å². The molecule has 1 unspecified atom stereocenters. The van der Waals surface area contributed by atoms with Gasteiger partial charge in [0.1, 0.15) is 0 Å². The summed E-state index contributed by atoms with van der Waals surface area (Å²) in [5.74, 6) is -2.15. The number of esters is 1. The number of aliphatic hydroxyl groups is 5. The molecular formula is C35H64O8. The first kappa shape index (κ1) is 38.2. The van der Waals surface area contributed by atoms with Crippen molar-refractivity contribution in [1.82, 2.24) is 0 Å². The van der Waals surface area contributed by atoms with Crippen molar-refractivity contribution in [3.63, 3.8) is 0 Å².